The van der Waals surface area contributed by atoms with Crippen LogP contribution in [0.15, 0.2) is 72.8 Å². The maximum Gasteiger partial charge on any atom is 0.296 e. The number of rotatable bonds is 6. The SMILES string of the molecule is CN(C)Cc1ccc(N/C(=C2/C(=O)Nc3cc(C#CC(=O)NC4CC4)ccc32)c2ccccc2)cc1. The summed E-state index contributed by atoms with van der Waals surface area (Å²) in [5.41, 5.74) is 6.47. The molecule has 5 rings (SSSR count). The average Bonchev–Trinajstić information content (AvgIpc) is 3.62. The second-order valence-corrected chi connectivity index (χ2v) is 9.39. The summed E-state index contributed by atoms with van der Waals surface area (Å²) in [7, 11) is 4.08. The third-order valence-corrected chi connectivity index (χ3v) is 6.03. The Labute approximate surface area is 211 Å². The lowest BCUT2D eigenvalue weighted by atomic mass is 9.99. The first-order valence-corrected chi connectivity index (χ1v) is 12.0. The van der Waals surface area contributed by atoms with Crippen LogP contribution in [0.1, 0.15) is 35.1 Å². The molecular weight excluding hydrogens is 448 g/mol. The zero-order chi connectivity index (χ0) is 25.1. The molecule has 6 nitrogen and oxygen atoms in total. The van der Waals surface area contributed by atoms with E-state index in [-0.39, 0.29) is 17.9 Å². The summed E-state index contributed by atoms with van der Waals surface area (Å²) >= 11 is 0. The first kappa shape index (κ1) is 23.4. The Morgan fingerprint density at radius 2 is 1.78 bits per heavy atom. The Morgan fingerprint density at radius 3 is 2.47 bits per heavy atom. The number of nitrogens with zero attached hydrogens (tertiary/aromatic N) is 1. The third-order valence-electron chi connectivity index (χ3n) is 6.03. The maximum absolute atomic E-state index is 13.2. The van der Waals surface area contributed by atoms with Crippen LogP contribution in [0.2, 0.25) is 0 Å². The van der Waals surface area contributed by atoms with E-state index in [1.165, 1.54) is 5.56 Å². The largest absolute Gasteiger partial charge is 0.354 e. The molecule has 0 unspecified atom stereocenters. The Kier molecular flexibility index (Phi) is 6.57. The standard InChI is InChI=1S/C30H28N4O2/c1-34(2)19-21-8-12-24(13-9-21)32-29(22-6-4-3-5-7-22)28-25-16-10-20(18-26(25)33-30(28)36)11-17-27(35)31-23-14-15-23/h3-10,12-13,16,18,23,32H,14-15,19H2,1-2H3,(H,31,35)(H,33,36)/b29-28+. The van der Waals surface area contributed by atoms with Gasteiger partial charge in [0, 0.05) is 35.3 Å². The molecule has 3 aromatic carbocycles. The molecule has 2 aliphatic rings. The minimum Gasteiger partial charge on any atom is -0.354 e. The fraction of sp³-hybridized carbons (Fsp3) is 0.200. The number of carbonyl (C=O) groups excluding carboxylic acids is 2. The Bertz CT molecular complexity index is 1390. The van der Waals surface area contributed by atoms with Crippen molar-refractivity contribution in [1.29, 1.82) is 0 Å². The molecule has 3 aromatic rings. The van der Waals surface area contributed by atoms with E-state index in [2.05, 4.69) is 44.8 Å². The first-order valence-electron chi connectivity index (χ1n) is 12.0. The van der Waals surface area contributed by atoms with Crippen LogP contribution in [-0.4, -0.2) is 36.9 Å². The summed E-state index contributed by atoms with van der Waals surface area (Å²) in [6.07, 6.45) is 2.04. The van der Waals surface area contributed by atoms with E-state index in [1.54, 1.807) is 0 Å². The van der Waals surface area contributed by atoms with Crippen LogP contribution < -0.4 is 16.0 Å². The third kappa shape index (κ3) is 5.48. The molecule has 1 saturated carbocycles. The molecular formula is C30H28N4O2. The number of benzene rings is 3. The van der Waals surface area contributed by atoms with Crippen molar-refractivity contribution in [2.24, 2.45) is 0 Å². The highest BCUT2D eigenvalue weighted by Crippen LogP contribution is 2.38. The molecule has 180 valence electrons. The number of amides is 2. The van der Waals surface area contributed by atoms with Gasteiger partial charge in [-0.15, -0.1) is 0 Å². The van der Waals surface area contributed by atoms with Crippen LogP contribution >= 0.6 is 0 Å². The minimum absolute atomic E-state index is 0.183. The molecule has 0 aromatic heterocycles. The number of fused-ring (bicyclic) bond motifs is 1. The predicted molar refractivity (Wildman–Crippen MR) is 144 cm³/mol. The van der Waals surface area contributed by atoms with Crippen molar-refractivity contribution in [3.8, 4) is 11.8 Å². The summed E-state index contributed by atoms with van der Waals surface area (Å²) in [4.78, 5) is 27.3. The van der Waals surface area contributed by atoms with Gasteiger partial charge in [0.25, 0.3) is 11.8 Å². The van der Waals surface area contributed by atoms with Crippen molar-refractivity contribution >= 4 is 34.5 Å². The quantitative estimate of drug-likeness (QED) is 0.366. The van der Waals surface area contributed by atoms with E-state index in [4.69, 9.17) is 0 Å². The van der Waals surface area contributed by atoms with Crippen LogP contribution in [0, 0.1) is 11.8 Å². The number of hydrogen-bond donors (Lipinski definition) is 3. The van der Waals surface area contributed by atoms with Crippen molar-refractivity contribution in [2.45, 2.75) is 25.4 Å². The van der Waals surface area contributed by atoms with Gasteiger partial charge in [0.05, 0.1) is 17.0 Å². The first-order chi connectivity index (χ1) is 17.5. The van der Waals surface area contributed by atoms with Gasteiger partial charge in [-0.2, -0.15) is 0 Å². The second kappa shape index (κ2) is 10.1. The van der Waals surface area contributed by atoms with Crippen LogP contribution in [0.3, 0.4) is 0 Å². The van der Waals surface area contributed by atoms with Gasteiger partial charge in [0.15, 0.2) is 0 Å². The van der Waals surface area contributed by atoms with Gasteiger partial charge in [0.2, 0.25) is 0 Å². The zero-order valence-electron chi connectivity index (χ0n) is 20.4. The fourth-order valence-electron chi connectivity index (χ4n) is 4.16. The van der Waals surface area contributed by atoms with Crippen LogP contribution in [0.25, 0.3) is 11.3 Å². The summed E-state index contributed by atoms with van der Waals surface area (Å²) in [6, 6.07) is 23.9. The van der Waals surface area contributed by atoms with E-state index in [1.807, 2.05) is 74.8 Å². The van der Waals surface area contributed by atoms with Gasteiger partial charge in [-0.05, 0) is 62.3 Å². The average molecular weight is 477 g/mol. The van der Waals surface area contributed by atoms with Crippen molar-refractivity contribution < 1.29 is 9.59 Å². The highest BCUT2D eigenvalue weighted by atomic mass is 16.2. The summed E-state index contributed by atoms with van der Waals surface area (Å²) in [5, 5.41) is 9.32. The van der Waals surface area contributed by atoms with E-state index in [0.717, 1.165) is 41.9 Å². The lowest BCUT2D eigenvalue weighted by Gasteiger charge is -2.16. The molecule has 3 N–H and O–H groups in total. The van der Waals surface area contributed by atoms with Crippen LogP contribution in [0.5, 0.6) is 0 Å². The van der Waals surface area contributed by atoms with Gasteiger partial charge in [0.1, 0.15) is 0 Å². The fourth-order valence-corrected chi connectivity index (χ4v) is 4.16. The monoisotopic (exact) mass is 476 g/mol. The molecule has 0 radical (unpaired) electrons. The van der Waals surface area contributed by atoms with Crippen molar-refractivity contribution in [3.63, 3.8) is 0 Å². The summed E-state index contributed by atoms with van der Waals surface area (Å²) in [5.74, 6) is 5.10. The smallest absolute Gasteiger partial charge is 0.296 e. The van der Waals surface area contributed by atoms with Crippen LogP contribution in [-0.2, 0) is 16.1 Å². The van der Waals surface area contributed by atoms with E-state index >= 15 is 0 Å². The molecule has 1 aliphatic heterocycles. The molecule has 0 spiro atoms. The zero-order valence-corrected chi connectivity index (χ0v) is 20.4. The Morgan fingerprint density at radius 1 is 1.03 bits per heavy atom. The van der Waals surface area contributed by atoms with Crippen molar-refractivity contribution in [3.05, 3.63) is 95.1 Å². The lowest BCUT2D eigenvalue weighted by molar-refractivity contribution is -0.115. The molecule has 1 fully saturated rings. The lowest BCUT2D eigenvalue weighted by Crippen LogP contribution is -2.23. The summed E-state index contributed by atoms with van der Waals surface area (Å²) < 4.78 is 0. The number of anilines is 2. The highest BCUT2D eigenvalue weighted by molar-refractivity contribution is 6.37. The molecule has 0 bridgehead atoms. The number of hydrogen-bond acceptors (Lipinski definition) is 4. The Balaban J connectivity index is 1.48. The number of nitrogens with one attached hydrogen (secondary N) is 3. The summed E-state index contributed by atoms with van der Waals surface area (Å²) in [6.45, 7) is 0.857. The predicted octanol–water partition coefficient (Wildman–Crippen LogP) is 4.31. The Hall–Kier alpha value is -4.34. The molecule has 2 amide bonds. The van der Waals surface area contributed by atoms with Gasteiger partial charge in [-0.25, -0.2) is 0 Å². The maximum atomic E-state index is 13.2. The van der Waals surface area contributed by atoms with E-state index < -0.39 is 0 Å². The normalized spacial score (nSPS) is 15.5. The van der Waals surface area contributed by atoms with Gasteiger partial charge >= 0.3 is 0 Å². The molecule has 1 aliphatic carbocycles. The molecule has 6 heteroatoms. The van der Waals surface area contributed by atoms with Gasteiger partial charge in [-0.3, -0.25) is 9.59 Å². The van der Waals surface area contributed by atoms with Crippen molar-refractivity contribution in [2.75, 3.05) is 24.7 Å². The van der Waals surface area contributed by atoms with Crippen LogP contribution in [0.4, 0.5) is 11.4 Å². The number of carbonyl (C=O) groups is 2. The second-order valence-electron chi connectivity index (χ2n) is 9.39. The van der Waals surface area contributed by atoms with Gasteiger partial charge in [-0.1, -0.05) is 54.5 Å². The molecule has 0 atom stereocenters. The molecule has 36 heavy (non-hydrogen) atoms. The molecule has 1 heterocycles. The van der Waals surface area contributed by atoms with E-state index in [9.17, 15) is 9.59 Å². The highest BCUT2D eigenvalue weighted by Gasteiger charge is 2.28. The topological polar surface area (TPSA) is 73.5 Å². The minimum atomic E-state index is -0.269. The van der Waals surface area contributed by atoms with Crippen molar-refractivity contribution in [1.82, 2.24) is 10.2 Å². The van der Waals surface area contributed by atoms with E-state index in [0.29, 0.717) is 16.8 Å². The molecule has 0 saturated heterocycles. The van der Waals surface area contributed by atoms with Gasteiger partial charge < -0.3 is 20.9 Å².